The Kier molecular flexibility index (Phi) is 3.36. The molecule has 0 unspecified atom stereocenters. The number of rotatable bonds is 1. The van der Waals surface area contributed by atoms with Crippen LogP contribution in [0.3, 0.4) is 0 Å². The van der Waals surface area contributed by atoms with E-state index < -0.39 is 0 Å². The summed E-state index contributed by atoms with van der Waals surface area (Å²) < 4.78 is 5.71. The molecule has 1 heterocycles. The van der Waals surface area contributed by atoms with Crippen LogP contribution in [0, 0.1) is 6.92 Å². The molecule has 0 amide bonds. The Morgan fingerprint density at radius 3 is 1.73 bits per heavy atom. The second kappa shape index (κ2) is 3.94. The van der Waals surface area contributed by atoms with Crippen LogP contribution in [0.15, 0.2) is 16.7 Å². The van der Waals surface area contributed by atoms with Gasteiger partial charge in [-0.2, -0.15) is 0 Å². The molecule has 0 bridgehead atoms. The average Bonchev–Trinajstić information content (AvgIpc) is 2.28. The summed E-state index contributed by atoms with van der Waals surface area (Å²) in [6.07, 6.45) is 1.86. The zero-order chi connectivity index (χ0) is 11.9. The highest BCUT2D eigenvalue weighted by Gasteiger charge is 2.37. The Balaban J connectivity index is 3.14. The lowest BCUT2D eigenvalue weighted by Crippen LogP contribution is -2.30. The number of aryl methyl sites for hydroxylation is 1. The van der Waals surface area contributed by atoms with Gasteiger partial charge in [-0.05, 0) is 36.8 Å². The highest BCUT2D eigenvalue weighted by Crippen LogP contribution is 2.58. The molecular formula is C13H23OP. The summed E-state index contributed by atoms with van der Waals surface area (Å²) in [5, 5.41) is 0.579. The molecule has 0 aliphatic heterocycles. The molecule has 15 heavy (non-hydrogen) atoms. The monoisotopic (exact) mass is 226 g/mol. The van der Waals surface area contributed by atoms with E-state index in [2.05, 4.69) is 54.5 Å². The molecule has 0 N–H and O–H groups in total. The summed E-state index contributed by atoms with van der Waals surface area (Å²) in [7, 11) is -0.284. The minimum absolute atomic E-state index is 0.284. The quantitative estimate of drug-likeness (QED) is 0.651. The van der Waals surface area contributed by atoms with Crippen LogP contribution >= 0.6 is 7.92 Å². The first-order valence-electron chi connectivity index (χ1n) is 5.48. The van der Waals surface area contributed by atoms with Crippen molar-refractivity contribution in [3.8, 4) is 0 Å². The van der Waals surface area contributed by atoms with E-state index in [0.29, 0.717) is 0 Å². The summed E-state index contributed by atoms with van der Waals surface area (Å²) in [5.41, 5.74) is 2.41. The van der Waals surface area contributed by atoms with Crippen molar-refractivity contribution in [3.05, 3.63) is 17.9 Å². The van der Waals surface area contributed by atoms with Gasteiger partial charge in [0.1, 0.15) is 5.50 Å². The van der Waals surface area contributed by atoms with Gasteiger partial charge in [-0.1, -0.05) is 41.5 Å². The largest absolute Gasteiger partial charge is 0.464 e. The Morgan fingerprint density at radius 1 is 1.00 bits per heavy atom. The van der Waals surface area contributed by atoms with Gasteiger partial charge in [0.05, 0.1) is 6.26 Å². The first kappa shape index (κ1) is 12.8. The molecule has 1 nitrogen and oxygen atoms in total. The van der Waals surface area contributed by atoms with Crippen molar-refractivity contribution in [1.82, 2.24) is 0 Å². The van der Waals surface area contributed by atoms with Gasteiger partial charge >= 0.3 is 0 Å². The van der Waals surface area contributed by atoms with Crippen LogP contribution in [0.25, 0.3) is 0 Å². The highest BCUT2D eigenvalue weighted by molar-refractivity contribution is 7.68. The molecule has 1 rings (SSSR count). The van der Waals surface area contributed by atoms with Gasteiger partial charge in [0.15, 0.2) is 0 Å². The fourth-order valence-corrected chi connectivity index (χ4v) is 6.03. The molecule has 1 aromatic rings. The van der Waals surface area contributed by atoms with E-state index in [1.165, 1.54) is 11.1 Å². The van der Waals surface area contributed by atoms with Crippen LogP contribution in [0.4, 0.5) is 0 Å². The molecule has 0 aromatic carbocycles. The maximum absolute atomic E-state index is 5.71. The Hall–Kier alpha value is -0.290. The van der Waals surface area contributed by atoms with Gasteiger partial charge in [-0.15, -0.1) is 0 Å². The number of hydrogen-bond donors (Lipinski definition) is 0. The summed E-state index contributed by atoms with van der Waals surface area (Å²) in [5.74, 6) is 0. The third kappa shape index (κ3) is 3.08. The molecule has 0 spiro atoms. The van der Waals surface area contributed by atoms with Crippen molar-refractivity contribution >= 4 is 13.4 Å². The summed E-state index contributed by atoms with van der Waals surface area (Å²) in [6, 6.07) is 2.20. The van der Waals surface area contributed by atoms with Gasteiger partial charge in [-0.25, -0.2) is 0 Å². The second-order valence-electron chi connectivity index (χ2n) is 6.14. The van der Waals surface area contributed by atoms with Gasteiger partial charge < -0.3 is 4.42 Å². The summed E-state index contributed by atoms with van der Waals surface area (Å²) in [4.78, 5) is 0. The predicted octanol–water partition coefficient (Wildman–Crippen LogP) is 4.29. The van der Waals surface area contributed by atoms with Gasteiger partial charge in [-0.3, -0.25) is 0 Å². The molecule has 1 aromatic heterocycles. The SMILES string of the molecule is Cc1coc(P(C(C)(C)C)C(C)(C)C)c1. The molecule has 0 saturated heterocycles. The second-order valence-corrected chi connectivity index (χ2v) is 9.93. The van der Waals surface area contributed by atoms with Crippen molar-refractivity contribution in [2.45, 2.75) is 58.8 Å². The van der Waals surface area contributed by atoms with E-state index in [1.807, 2.05) is 6.26 Å². The fourth-order valence-electron chi connectivity index (χ4n) is 2.20. The third-order valence-electron chi connectivity index (χ3n) is 2.28. The number of hydrogen-bond acceptors (Lipinski definition) is 1. The van der Waals surface area contributed by atoms with E-state index in [4.69, 9.17) is 4.42 Å². The standard InChI is InChI=1S/C13H23OP/c1-10-8-11(14-9-10)15(12(2,3)4)13(5,6)7/h8-9H,1-7H3. The van der Waals surface area contributed by atoms with Crippen LogP contribution in [0.2, 0.25) is 0 Å². The van der Waals surface area contributed by atoms with E-state index in [9.17, 15) is 0 Å². The van der Waals surface area contributed by atoms with Crippen LogP contribution in [-0.4, -0.2) is 10.3 Å². The predicted molar refractivity (Wildman–Crippen MR) is 69.5 cm³/mol. The van der Waals surface area contributed by atoms with Crippen LogP contribution < -0.4 is 5.50 Å². The van der Waals surface area contributed by atoms with Crippen molar-refractivity contribution in [2.75, 3.05) is 0 Å². The topological polar surface area (TPSA) is 13.1 Å². The molecule has 0 atom stereocenters. The zero-order valence-corrected chi connectivity index (χ0v) is 11.9. The average molecular weight is 226 g/mol. The minimum atomic E-state index is -0.284. The highest BCUT2D eigenvalue weighted by atomic mass is 31.1. The maximum Gasteiger partial charge on any atom is 0.126 e. The van der Waals surface area contributed by atoms with Crippen molar-refractivity contribution in [2.24, 2.45) is 0 Å². The van der Waals surface area contributed by atoms with Gasteiger partial charge in [0, 0.05) is 0 Å². The first-order valence-corrected chi connectivity index (χ1v) is 6.82. The van der Waals surface area contributed by atoms with Gasteiger partial charge in [0.25, 0.3) is 0 Å². The van der Waals surface area contributed by atoms with Crippen LogP contribution in [0.1, 0.15) is 47.1 Å². The fraction of sp³-hybridized carbons (Fsp3) is 0.692. The number of furan rings is 1. The van der Waals surface area contributed by atoms with Gasteiger partial charge in [0.2, 0.25) is 0 Å². The van der Waals surface area contributed by atoms with E-state index >= 15 is 0 Å². The molecule has 0 radical (unpaired) electrons. The van der Waals surface area contributed by atoms with Crippen LogP contribution in [0.5, 0.6) is 0 Å². The molecule has 0 fully saturated rings. The lowest BCUT2D eigenvalue weighted by atomic mass is 10.2. The molecule has 86 valence electrons. The molecule has 0 aliphatic carbocycles. The Labute approximate surface area is 95.0 Å². The minimum Gasteiger partial charge on any atom is -0.464 e. The molecule has 0 aliphatic rings. The smallest absolute Gasteiger partial charge is 0.126 e. The van der Waals surface area contributed by atoms with Crippen LogP contribution in [-0.2, 0) is 0 Å². The van der Waals surface area contributed by atoms with E-state index in [1.54, 1.807) is 0 Å². The molecular weight excluding hydrogens is 203 g/mol. The normalized spacial score (nSPS) is 13.6. The molecule has 0 saturated carbocycles. The lowest BCUT2D eigenvalue weighted by molar-refractivity contribution is 0.590. The summed E-state index contributed by atoms with van der Waals surface area (Å²) in [6.45, 7) is 15.9. The van der Waals surface area contributed by atoms with Crippen molar-refractivity contribution in [3.63, 3.8) is 0 Å². The van der Waals surface area contributed by atoms with Crippen molar-refractivity contribution < 1.29 is 4.42 Å². The Bertz CT molecular complexity index is 311. The maximum atomic E-state index is 5.71. The first-order chi connectivity index (χ1) is 6.62. The zero-order valence-electron chi connectivity index (χ0n) is 11.0. The Morgan fingerprint density at radius 2 is 1.47 bits per heavy atom. The van der Waals surface area contributed by atoms with E-state index in [0.717, 1.165) is 0 Å². The summed E-state index contributed by atoms with van der Waals surface area (Å²) >= 11 is 0. The lowest BCUT2D eigenvalue weighted by Gasteiger charge is -2.39. The third-order valence-corrected chi connectivity index (χ3v) is 5.64. The van der Waals surface area contributed by atoms with E-state index in [-0.39, 0.29) is 18.2 Å². The molecule has 2 heteroatoms. The van der Waals surface area contributed by atoms with Crippen molar-refractivity contribution in [1.29, 1.82) is 0 Å².